The third kappa shape index (κ3) is 4.20. The monoisotopic (exact) mass is 389 g/mol. The molecule has 0 aromatic heterocycles. The van der Waals surface area contributed by atoms with Crippen molar-refractivity contribution in [1.82, 2.24) is 9.80 Å². The fourth-order valence-corrected chi connectivity index (χ4v) is 4.57. The molecule has 1 spiro atoms. The van der Waals surface area contributed by atoms with Crippen molar-refractivity contribution in [2.75, 3.05) is 50.8 Å². The summed E-state index contributed by atoms with van der Waals surface area (Å²) < 4.78 is 19.6. The molecule has 6 nitrogen and oxygen atoms in total. The van der Waals surface area contributed by atoms with E-state index >= 15 is 0 Å². The first-order chi connectivity index (χ1) is 13.5. The number of benzene rings is 1. The molecule has 152 valence electrons. The zero-order chi connectivity index (χ0) is 19.6. The summed E-state index contributed by atoms with van der Waals surface area (Å²) in [6.45, 7) is 4.54. The van der Waals surface area contributed by atoms with Gasteiger partial charge in [0.25, 0.3) is 5.91 Å². The van der Waals surface area contributed by atoms with Gasteiger partial charge in [-0.15, -0.1) is 0 Å². The molecule has 1 atom stereocenters. The fourth-order valence-electron chi connectivity index (χ4n) is 4.57. The highest BCUT2D eigenvalue weighted by molar-refractivity contribution is 5.95. The summed E-state index contributed by atoms with van der Waals surface area (Å²) in [5.74, 6) is -0.384. The fraction of sp³-hybridized carbons (Fsp3) is 0.619. The minimum atomic E-state index is -0.568. The highest BCUT2D eigenvalue weighted by Crippen LogP contribution is 2.32. The maximum absolute atomic E-state index is 13.6. The van der Waals surface area contributed by atoms with Crippen molar-refractivity contribution in [3.05, 3.63) is 30.1 Å². The molecule has 3 aliphatic rings. The Hall–Kier alpha value is -1.99. The Morgan fingerprint density at radius 3 is 2.75 bits per heavy atom. The number of morpholine rings is 1. The quantitative estimate of drug-likeness (QED) is 0.791. The average Bonchev–Trinajstić information content (AvgIpc) is 3.22. The lowest BCUT2D eigenvalue weighted by Crippen LogP contribution is -2.62. The summed E-state index contributed by atoms with van der Waals surface area (Å²) in [5, 5.41) is 0. The Morgan fingerprint density at radius 2 is 1.96 bits per heavy atom. The number of carbonyl (C=O) groups is 2. The molecule has 3 fully saturated rings. The maximum Gasteiger partial charge on any atom is 0.253 e. The van der Waals surface area contributed by atoms with E-state index in [0.29, 0.717) is 25.2 Å². The van der Waals surface area contributed by atoms with E-state index in [0.717, 1.165) is 39.0 Å². The molecule has 0 radical (unpaired) electrons. The van der Waals surface area contributed by atoms with Crippen molar-refractivity contribution in [3.63, 3.8) is 0 Å². The van der Waals surface area contributed by atoms with E-state index in [2.05, 4.69) is 4.90 Å². The Bertz CT molecular complexity index is 737. The van der Waals surface area contributed by atoms with E-state index in [-0.39, 0.29) is 24.2 Å². The highest BCUT2D eigenvalue weighted by Gasteiger charge is 2.44. The molecule has 1 unspecified atom stereocenters. The van der Waals surface area contributed by atoms with Gasteiger partial charge in [-0.2, -0.15) is 0 Å². The second kappa shape index (κ2) is 8.17. The summed E-state index contributed by atoms with van der Waals surface area (Å²) in [5.41, 5.74) is -0.0212. The van der Waals surface area contributed by atoms with Crippen LogP contribution in [0, 0.1) is 5.82 Å². The van der Waals surface area contributed by atoms with Crippen LogP contribution in [-0.4, -0.2) is 73.1 Å². The van der Waals surface area contributed by atoms with Crippen molar-refractivity contribution in [3.8, 4) is 0 Å². The largest absolute Gasteiger partial charge is 0.361 e. The third-order valence-electron chi connectivity index (χ3n) is 6.10. The summed E-state index contributed by atoms with van der Waals surface area (Å²) in [6.07, 6.45) is 4.61. The van der Waals surface area contributed by atoms with Crippen molar-refractivity contribution in [1.29, 1.82) is 0 Å². The normalized spacial score (nSPS) is 26.2. The molecule has 4 rings (SSSR count). The lowest BCUT2D eigenvalue weighted by Gasteiger charge is -2.47. The van der Waals surface area contributed by atoms with Gasteiger partial charge in [-0.25, -0.2) is 4.39 Å². The van der Waals surface area contributed by atoms with Crippen LogP contribution in [0.5, 0.6) is 0 Å². The van der Waals surface area contributed by atoms with Gasteiger partial charge < -0.3 is 19.4 Å². The molecule has 3 aliphatic heterocycles. The smallest absolute Gasteiger partial charge is 0.253 e. The highest BCUT2D eigenvalue weighted by atomic mass is 19.1. The number of halogens is 1. The van der Waals surface area contributed by atoms with Gasteiger partial charge in [-0.1, -0.05) is 6.07 Å². The number of carbonyl (C=O) groups excluding carboxylic acids is 2. The van der Waals surface area contributed by atoms with E-state index in [1.54, 1.807) is 17.0 Å². The number of anilines is 1. The molecule has 0 saturated carbocycles. The van der Waals surface area contributed by atoms with Crippen molar-refractivity contribution in [2.24, 2.45) is 0 Å². The number of piperidine rings is 1. The summed E-state index contributed by atoms with van der Waals surface area (Å²) in [7, 11) is 0. The third-order valence-corrected chi connectivity index (χ3v) is 6.10. The molecule has 1 aromatic rings. The molecule has 0 aliphatic carbocycles. The van der Waals surface area contributed by atoms with Crippen LogP contribution in [0.2, 0.25) is 0 Å². The topological polar surface area (TPSA) is 53.1 Å². The number of ether oxygens (including phenoxy) is 1. The van der Waals surface area contributed by atoms with Crippen LogP contribution in [0.1, 0.15) is 32.1 Å². The van der Waals surface area contributed by atoms with Gasteiger partial charge in [-0.05, 0) is 57.0 Å². The van der Waals surface area contributed by atoms with E-state index in [4.69, 9.17) is 4.74 Å². The Morgan fingerprint density at radius 1 is 1.14 bits per heavy atom. The number of nitrogens with zero attached hydrogens (tertiary/aromatic N) is 3. The molecule has 7 heteroatoms. The van der Waals surface area contributed by atoms with Crippen molar-refractivity contribution < 1.29 is 18.7 Å². The van der Waals surface area contributed by atoms with Gasteiger partial charge in [-0.3, -0.25) is 9.59 Å². The summed E-state index contributed by atoms with van der Waals surface area (Å²) >= 11 is 0. The van der Waals surface area contributed by atoms with Gasteiger partial charge in [0.05, 0.1) is 13.1 Å². The molecule has 28 heavy (non-hydrogen) atoms. The van der Waals surface area contributed by atoms with E-state index in [9.17, 15) is 14.0 Å². The lowest BCUT2D eigenvalue weighted by atomic mass is 9.90. The lowest BCUT2D eigenvalue weighted by molar-refractivity contribution is -0.153. The minimum Gasteiger partial charge on any atom is -0.361 e. The Kier molecular flexibility index (Phi) is 5.64. The van der Waals surface area contributed by atoms with E-state index in [1.807, 2.05) is 4.90 Å². The molecular weight excluding hydrogens is 361 g/mol. The van der Waals surface area contributed by atoms with Gasteiger partial charge in [0.15, 0.2) is 0 Å². The first-order valence-corrected chi connectivity index (χ1v) is 10.2. The number of hydrogen-bond donors (Lipinski definition) is 0. The molecule has 0 bridgehead atoms. The van der Waals surface area contributed by atoms with Crippen LogP contribution >= 0.6 is 0 Å². The molecule has 0 N–H and O–H groups in total. The van der Waals surface area contributed by atoms with Gasteiger partial charge >= 0.3 is 0 Å². The molecule has 3 saturated heterocycles. The van der Waals surface area contributed by atoms with E-state index < -0.39 is 5.60 Å². The number of likely N-dealkylation sites (tertiary alicyclic amines) is 2. The maximum atomic E-state index is 13.6. The second-order valence-corrected chi connectivity index (χ2v) is 8.15. The first-order valence-electron chi connectivity index (χ1n) is 10.2. The standard InChI is InChI=1S/C21H28FN3O3/c22-17-5-3-6-18(13-17)25-16-21(28-14-20(25)27)8-4-11-24(15-21)19(26)7-12-23-9-1-2-10-23/h3,5-6,13H,1-2,4,7-12,14-16H2. The van der Waals surface area contributed by atoms with E-state index in [1.165, 1.54) is 25.0 Å². The van der Waals surface area contributed by atoms with Crippen LogP contribution in [-0.2, 0) is 14.3 Å². The van der Waals surface area contributed by atoms with Crippen molar-refractivity contribution >= 4 is 17.5 Å². The SMILES string of the molecule is O=C(CCN1CCCC1)N1CCCC2(C1)CN(c1cccc(F)c1)C(=O)CO2. The average molecular weight is 389 g/mol. The second-order valence-electron chi connectivity index (χ2n) is 8.15. The van der Waals surface area contributed by atoms with Crippen molar-refractivity contribution in [2.45, 2.75) is 37.7 Å². The minimum absolute atomic E-state index is 0.0354. The van der Waals surface area contributed by atoms with Crippen LogP contribution in [0.15, 0.2) is 24.3 Å². The predicted molar refractivity (Wildman–Crippen MR) is 104 cm³/mol. The van der Waals surface area contributed by atoms with Gasteiger partial charge in [0.2, 0.25) is 5.91 Å². The molecule has 2 amide bonds. The van der Waals surface area contributed by atoms with Crippen LogP contribution < -0.4 is 4.90 Å². The Balaban J connectivity index is 1.41. The summed E-state index contributed by atoms with van der Waals surface area (Å²) in [4.78, 5) is 31.0. The number of rotatable bonds is 4. The van der Waals surface area contributed by atoms with Crippen LogP contribution in [0.3, 0.4) is 0 Å². The first kappa shape index (κ1) is 19.3. The number of amides is 2. The predicted octanol–water partition coefficient (Wildman–Crippen LogP) is 2.04. The van der Waals surface area contributed by atoms with Gasteiger partial charge in [0, 0.05) is 25.2 Å². The van der Waals surface area contributed by atoms with Crippen LogP contribution in [0.4, 0.5) is 10.1 Å². The molecule has 3 heterocycles. The zero-order valence-electron chi connectivity index (χ0n) is 16.2. The summed E-state index contributed by atoms with van der Waals surface area (Å²) in [6, 6.07) is 6.08. The zero-order valence-corrected chi connectivity index (χ0v) is 16.2. The molecule has 1 aromatic carbocycles. The van der Waals surface area contributed by atoms with Gasteiger partial charge in [0.1, 0.15) is 18.0 Å². The Labute approximate surface area is 165 Å². The number of hydrogen-bond acceptors (Lipinski definition) is 4. The van der Waals surface area contributed by atoms with Crippen LogP contribution in [0.25, 0.3) is 0 Å². The molecular formula is C21H28FN3O3.